The quantitative estimate of drug-likeness (QED) is 0.846. The first-order chi connectivity index (χ1) is 10.2. The van der Waals surface area contributed by atoms with Crippen molar-refractivity contribution in [2.75, 3.05) is 26.1 Å². The predicted molar refractivity (Wildman–Crippen MR) is 83.1 cm³/mol. The lowest BCUT2D eigenvalue weighted by atomic mass is 9.95. The summed E-state index contributed by atoms with van der Waals surface area (Å²) >= 11 is 0. The van der Waals surface area contributed by atoms with Gasteiger partial charge < -0.3 is 20.1 Å². The van der Waals surface area contributed by atoms with Gasteiger partial charge in [0.05, 0.1) is 20.8 Å². The molecule has 0 radical (unpaired) electrons. The zero-order valence-corrected chi connectivity index (χ0v) is 12.8. The second-order valence-electron chi connectivity index (χ2n) is 5.33. The fraction of sp³-hybridized carbons (Fsp3) is 0.562. The van der Waals surface area contributed by atoms with Crippen molar-refractivity contribution in [2.24, 2.45) is 0 Å². The summed E-state index contributed by atoms with van der Waals surface area (Å²) in [4.78, 5) is 12.0. The van der Waals surface area contributed by atoms with Crippen molar-refractivity contribution < 1.29 is 14.3 Å². The molecule has 5 heteroatoms. The maximum atomic E-state index is 12.0. The standard InChI is InChI=1S/C16H24N2O3/c1-20-14-9-8-13(10-15(14)21-2)18-16(19)11-17-12-6-4-3-5-7-12/h8-10,12,17H,3-7,11H2,1-2H3,(H,18,19). The van der Waals surface area contributed by atoms with Gasteiger partial charge in [-0.15, -0.1) is 0 Å². The average molecular weight is 292 g/mol. The molecule has 1 aromatic carbocycles. The summed E-state index contributed by atoms with van der Waals surface area (Å²) in [6.07, 6.45) is 6.17. The summed E-state index contributed by atoms with van der Waals surface area (Å²) in [5.74, 6) is 1.22. The number of anilines is 1. The molecule has 0 heterocycles. The Morgan fingerprint density at radius 2 is 1.86 bits per heavy atom. The first kappa shape index (κ1) is 15.6. The average Bonchev–Trinajstić information content (AvgIpc) is 2.53. The van der Waals surface area contributed by atoms with Crippen LogP contribution in [0.15, 0.2) is 18.2 Å². The molecule has 1 aromatic rings. The van der Waals surface area contributed by atoms with E-state index >= 15 is 0 Å². The minimum absolute atomic E-state index is 0.0345. The maximum absolute atomic E-state index is 12.0. The topological polar surface area (TPSA) is 59.6 Å². The van der Waals surface area contributed by atoms with Crippen LogP contribution in [0.3, 0.4) is 0 Å². The summed E-state index contributed by atoms with van der Waals surface area (Å²) in [5.41, 5.74) is 0.711. The van der Waals surface area contributed by atoms with E-state index in [1.807, 2.05) is 0 Å². The van der Waals surface area contributed by atoms with Gasteiger partial charge in [0.1, 0.15) is 0 Å². The molecule has 116 valence electrons. The van der Waals surface area contributed by atoms with Crippen LogP contribution in [-0.4, -0.2) is 32.7 Å². The number of nitrogens with one attached hydrogen (secondary N) is 2. The Morgan fingerprint density at radius 3 is 2.52 bits per heavy atom. The van der Waals surface area contributed by atoms with Crippen molar-refractivity contribution in [3.05, 3.63) is 18.2 Å². The lowest BCUT2D eigenvalue weighted by molar-refractivity contribution is -0.115. The van der Waals surface area contributed by atoms with Gasteiger partial charge in [0.15, 0.2) is 11.5 Å². The maximum Gasteiger partial charge on any atom is 0.238 e. The Balaban J connectivity index is 1.84. The molecule has 0 bridgehead atoms. The van der Waals surface area contributed by atoms with Crippen LogP contribution in [0.4, 0.5) is 5.69 Å². The van der Waals surface area contributed by atoms with E-state index in [1.54, 1.807) is 32.4 Å². The van der Waals surface area contributed by atoms with Gasteiger partial charge >= 0.3 is 0 Å². The van der Waals surface area contributed by atoms with Crippen LogP contribution in [0.25, 0.3) is 0 Å². The van der Waals surface area contributed by atoms with E-state index in [0.717, 1.165) is 0 Å². The monoisotopic (exact) mass is 292 g/mol. The molecule has 1 aliphatic rings. The first-order valence-corrected chi connectivity index (χ1v) is 7.48. The Labute approximate surface area is 126 Å². The minimum Gasteiger partial charge on any atom is -0.493 e. The van der Waals surface area contributed by atoms with Gasteiger partial charge in [-0.25, -0.2) is 0 Å². The third-order valence-electron chi connectivity index (χ3n) is 3.82. The van der Waals surface area contributed by atoms with Gasteiger partial charge in [-0.05, 0) is 25.0 Å². The van der Waals surface area contributed by atoms with Crippen molar-refractivity contribution >= 4 is 11.6 Å². The lowest BCUT2D eigenvalue weighted by Gasteiger charge is -2.22. The van der Waals surface area contributed by atoms with E-state index in [4.69, 9.17) is 9.47 Å². The number of amides is 1. The highest BCUT2D eigenvalue weighted by Gasteiger charge is 2.14. The molecular formula is C16H24N2O3. The number of carbonyl (C=O) groups is 1. The highest BCUT2D eigenvalue weighted by atomic mass is 16.5. The summed E-state index contributed by atoms with van der Waals surface area (Å²) in [5, 5.41) is 6.20. The summed E-state index contributed by atoms with van der Waals surface area (Å²) in [7, 11) is 3.16. The number of benzene rings is 1. The summed E-state index contributed by atoms with van der Waals surface area (Å²) in [6.45, 7) is 0.346. The Hall–Kier alpha value is -1.75. The fourth-order valence-electron chi connectivity index (χ4n) is 2.66. The van der Waals surface area contributed by atoms with Crippen LogP contribution in [0.5, 0.6) is 11.5 Å². The van der Waals surface area contributed by atoms with Crippen molar-refractivity contribution in [2.45, 2.75) is 38.1 Å². The molecule has 0 spiro atoms. The molecule has 2 N–H and O–H groups in total. The molecule has 1 aliphatic carbocycles. The van der Waals surface area contributed by atoms with Crippen LogP contribution >= 0.6 is 0 Å². The van der Waals surface area contributed by atoms with E-state index < -0.39 is 0 Å². The molecule has 0 aromatic heterocycles. The number of hydrogen-bond donors (Lipinski definition) is 2. The van der Waals surface area contributed by atoms with Crippen LogP contribution in [0.1, 0.15) is 32.1 Å². The normalized spacial score (nSPS) is 15.5. The van der Waals surface area contributed by atoms with E-state index in [1.165, 1.54) is 32.1 Å². The second-order valence-corrected chi connectivity index (χ2v) is 5.33. The number of ether oxygens (including phenoxy) is 2. The van der Waals surface area contributed by atoms with Crippen LogP contribution in [0.2, 0.25) is 0 Å². The highest BCUT2D eigenvalue weighted by Crippen LogP contribution is 2.29. The van der Waals surface area contributed by atoms with Crippen molar-refractivity contribution in [1.82, 2.24) is 5.32 Å². The van der Waals surface area contributed by atoms with E-state index in [-0.39, 0.29) is 5.91 Å². The first-order valence-electron chi connectivity index (χ1n) is 7.48. The van der Waals surface area contributed by atoms with Gasteiger partial charge in [-0.3, -0.25) is 4.79 Å². The van der Waals surface area contributed by atoms with E-state index in [9.17, 15) is 4.79 Å². The fourth-order valence-corrected chi connectivity index (χ4v) is 2.66. The van der Waals surface area contributed by atoms with Crippen LogP contribution in [0, 0.1) is 0 Å². The lowest BCUT2D eigenvalue weighted by Crippen LogP contribution is -2.37. The molecule has 1 fully saturated rings. The van der Waals surface area contributed by atoms with Gasteiger partial charge in [0.2, 0.25) is 5.91 Å². The minimum atomic E-state index is -0.0345. The van der Waals surface area contributed by atoms with Gasteiger partial charge in [-0.1, -0.05) is 19.3 Å². The Bertz CT molecular complexity index is 471. The molecule has 1 amide bonds. The number of methoxy groups -OCH3 is 2. The molecule has 0 unspecified atom stereocenters. The predicted octanol–water partition coefficient (Wildman–Crippen LogP) is 2.56. The number of hydrogen-bond acceptors (Lipinski definition) is 4. The second kappa shape index (κ2) is 7.88. The van der Waals surface area contributed by atoms with Crippen molar-refractivity contribution in [1.29, 1.82) is 0 Å². The Morgan fingerprint density at radius 1 is 1.14 bits per heavy atom. The third kappa shape index (κ3) is 4.63. The molecule has 1 saturated carbocycles. The summed E-state index contributed by atoms with van der Waals surface area (Å²) < 4.78 is 10.4. The molecule has 0 atom stereocenters. The highest BCUT2D eigenvalue weighted by molar-refractivity contribution is 5.92. The van der Waals surface area contributed by atoms with Gasteiger partial charge in [0.25, 0.3) is 0 Å². The zero-order valence-electron chi connectivity index (χ0n) is 12.8. The molecule has 0 saturated heterocycles. The van der Waals surface area contributed by atoms with Crippen molar-refractivity contribution in [3.8, 4) is 11.5 Å². The molecular weight excluding hydrogens is 268 g/mol. The molecule has 5 nitrogen and oxygen atoms in total. The largest absolute Gasteiger partial charge is 0.493 e. The molecule has 21 heavy (non-hydrogen) atoms. The number of rotatable bonds is 6. The zero-order chi connectivity index (χ0) is 15.1. The van der Waals surface area contributed by atoms with Crippen molar-refractivity contribution in [3.63, 3.8) is 0 Å². The van der Waals surface area contributed by atoms with Crippen LogP contribution in [-0.2, 0) is 4.79 Å². The number of carbonyl (C=O) groups excluding carboxylic acids is 1. The van der Waals surface area contributed by atoms with Gasteiger partial charge in [-0.2, -0.15) is 0 Å². The van der Waals surface area contributed by atoms with E-state index in [0.29, 0.717) is 29.8 Å². The third-order valence-corrected chi connectivity index (χ3v) is 3.82. The smallest absolute Gasteiger partial charge is 0.238 e. The Kier molecular flexibility index (Phi) is 5.87. The van der Waals surface area contributed by atoms with E-state index in [2.05, 4.69) is 10.6 Å². The molecule has 2 rings (SSSR count). The SMILES string of the molecule is COc1ccc(NC(=O)CNC2CCCCC2)cc1OC. The van der Waals surface area contributed by atoms with Crippen LogP contribution < -0.4 is 20.1 Å². The van der Waals surface area contributed by atoms with Gasteiger partial charge in [0, 0.05) is 17.8 Å². The summed E-state index contributed by atoms with van der Waals surface area (Å²) in [6, 6.07) is 5.83. The molecule has 0 aliphatic heterocycles.